The Hall–Kier alpha value is -9.52. The van der Waals surface area contributed by atoms with E-state index in [0.717, 1.165) is 67.8 Å². The van der Waals surface area contributed by atoms with Crippen LogP contribution in [0.25, 0.3) is 41.6 Å². The highest BCUT2D eigenvalue weighted by Gasteiger charge is 2.28. The van der Waals surface area contributed by atoms with Crippen LogP contribution >= 0.6 is 58.0 Å². The van der Waals surface area contributed by atoms with Gasteiger partial charge in [0, 0.05) is 233 Å². The second-order valence-corrected chi connectivity index (χ2v) is 34.5. The third-order valence-corrected chi connectivity index (χ3v) is 24.1. The van der Waals surface area contributed by atoms with Crippen molar-refractivity contribution in [2.75, 3.05) is 185 Å². The fourth-order valence-electron chi connectivity index (χ4n) is 12.1. The first-order valence-corrected chi connectivity index (χ1v) is 40.2. The van der Waals surface area contributed by atoms with E-state index in [9.17, 15) is 14.4 Å². The Morgan fingerprint density at radius 3 is 0.857 bits per heavy atom. The minimum absolute atomic E-state index is 0. The molecule has 0 saturated carbocycles. The quantitative estimate of drug-likeness (QED) is 0.0620. The van der Waals surface area contributed by atoms with Crippen LogP contribution in [0.3, 0.4) is 0 Å². The van der Waals surface area contributed by atoms with E-state index in [-0.39, 0.29) is 30.7 Å². The molecule has 0 N–H and O–H groups in total. The number of carbonyl (C=O) groups is 3. The van der Waals surface area contributed by atoms with Crippen molar-refractivity contribution in [1.82, 2.24) is 19.1 Å². The van der Waals surface area contributed by atoms with Crippen LogP contribution in [0.15, 0.2) is 211 Å². The monoisotopic (exact) mass is 1640 g/mol. The first kappa shape index (κ1) is 88.1. The van der Waals surface area contributed by atoms with Crippen LogP contribution in [0, 0.1) is 0 Å². The maximum atomic E-state index is 12.3. The molecular weight excluding hydrogens is 1530 g/mol. The first-order chi connectivity index (χ1) is 52.2. The van der Waals surface area contributed by atoms with E-state index in [2.05, 4.69) is 336 Å². The summed E-state index contributed by atoms with van der Waals surface area (Å²) < 4.78 is 10.7. The summed E-state index contributed by atoms with van der Waals surface area (Å²) in [6.45, 7) is 3.98. The molecule has 112 heavy (non-hydrogen) atoms. The van der Waals surface area contributed by atoms with Crippen molar-refractivity contribution in [3.05, 3.63) is 215 Å². The number of benzene rings is 10. The molecule has 15 rings (SSSR count). The molecule has 588 valence electrons. The van der Waals surface area contributed by atoms with Crippen LogP contribution in [0.5, 0.6) is 0 Å². The molecule has 0 fully saturated rings. The van der Waals surface area contributed by atoms with E-state index in [1.54, 1.807) is 46.3 Å². The smallest absolute Gasteiger partial charge is 0.310 e. The maximum absolute atomic E-state index is 12.3. The highest BCUT2D eigenvalue weighted by molar-refractivity contribution is 8.00. The zero-order valence-corrected chi connectivity index (χ0v) is 74.1. The number of ether oxygens (including phenoxy) is 1. The fraction of sp³-hybridized carbons (Fsp3) is 0.284. The number of anilines is 10. The molecule has 0 unspecified atom stereocenters. The van der Waals surface area contributed by atoms with Gasteiger partial charge >= 0.3 is 11.9 Å². The van der Waals surface area contributed by atoms with Gasteiger partial charge in [-0.05, 0) is 169 Å². The fourth-order valence-corrected chi connectivity index (χ4v) is 17.6. The summed E-state index contributed by atoms with van der Waals surface area (Å²) in [6, 6.07) is 65.2. The third-order valence-electron chi connectivity index (χ3n) is 18.5. The summed E-state index contributed by atoms with van der Waals surface area (Å²) in [4.78, 5) is 70.4. The summed E-state index contributed by atoms with van der Waals surface area (Å²) in [5.41, 5.74) is 21.6. The lowest BCUT2D eigenvalue weighted by Gasteiger charge is -2.32. The molecule has 1 amide bonds. The largest absolute Gasteiger partial charge is 1.00 e. The molecule has 0 bridgehead atoms. The Labute approximate surface area is 695 Å². The summed E-state index contributed by atoms with van der Waals surface area (Å²) in [7, 11) is 41.3. The number of halogens is 2. The topological polar surface area (TPSA) is 121 Å². The van der Waals surface area contributed by atoms with Gasteiger partial charge in [-0.25, -0.2) is 19.1 Å². The average molecular weight is 1640 g/mol. The standard InChI is InChI=1S/C18H21N3OS.2C17H20N2S.2C16H18N3S.C4H6O3.2ClH/c1-12(22)21-15-8-6-13(19(2)3)10-17(15)23-18-11-14(20(4)5)7-9-16(18)21;2*1-18(2)14-7-5-12-9-13-6-8-15(19(3)4)11-17(13)20-16(12)10-14;2*1-18(2)11-5-7-13-15(9-11)20-16-10-12(19(3)4)6-8-14(16)17-13;1-3(5)7-4(2)6;;/h6-11H,1-5H3;2*5-8,10-11H,9H2,1-4H3;2*5-10H,1-4H3;1-2H3;2*1H/q;;;2*+1;;;/p-2. The maximum Gasteiger partial charge on any atom is 0.310 e. The van der Waals surface area contributed by atoms with Gasteiger partial charge in [0.25, 0.3) is 0 Å². The number of aromatic nitrogens is 2. The van der Waals surface area contributed by atoms with Gasteiger partial charge in [0.2, 0.25) is 16.6 Å². The Morgan fingerprint density at radius 2 is 0.598 bits per heavy atom. The van der Waals surface area contributed by atoms with E-state index in [1.165, 1.54) is 120 Å². The second-order valence-electron chi connectivity index (χ2n) is 29.1. The number of fused-ring (bicyclic) bond motifs is 10. The van der Waals surface area contributed by atoms with Crippen molar-refractivity contribution in [3.63, 3.8) is 0 Å². The van der Waals surface area contributed by atoms with Gasteiger partial charge in [-0.15, -0.1) is 22.7 Å². The van der Waals surface area contributed by atoms with Crippen molar-refractivity contribution in [3.8, 4) is 21.1 Å². The van der Waals surface area contributed by atoms with Crippen LogP contribution in [-0.4, -0.2) is 169 Å². The molecule has 0 spiro atoms. The van der Waals surface area contributed by atoms with Crippen LogP contribution in [0.4, 0.5) is 56.9 Å². The molecule has 0 aromatic heterocycles. The number of rotatable bonds is 8. The average Bonchev–Trinajstić information content (AvgIpc) is 0.764. The highest BCUT2D eigenvalue weighted by Crippen LogP contribution is 2.51. The van der Waals surface area contributed by atoms with Crippen molar-refractivity contribution < 1.29 is 43.9 Å². The minimum Gasteiger partial charge on any atom is -1.00 e. The second kappa shape index (κ2) is 38.8. The van der Waals surface area contributed by atoms with Crippen molar-refractivity contribution in [2.45, 2.75) is 63.0 Å². The molecule has 8 aromatic rings. The van der Waals surface area contributed by atoms with E-state index in [4.69, 9.17) is 9.97 Å². The molecule has 2 aliphatic carbocycles. The van der Waals surface area contributed by atoms with Crippen molar-refractivity contribution >= 4 is 153 Å². The Bertz CT molecular complexity index is 5020. The molecule has 8 aromatic carbocycles. The summed E-state index contributed by atoms with van der Waals surface area (Å²) in [5, 5.41) is 2.41. The molecule has 5 heterocycles. The highest BCUT2D eigenvalue weighted by atomic mass is 35.5. The van der Waals surface area contributed by atoms with E-state index in [1.807, 2.05) is 63.8 Å². The Balaban J connectivity index is 0.000000171. The number of hydrogen-bond donors (Lipinski definition) is 0. The lowest BCUT2D eigenvalue weighted by atomic mass is 10.0. The zero-order valence-electron chi connectivity index (χ0n) is 68.5. The van der Waals surface area contributed by atoms with Gasteiger partial charge in [-0.2, -0.15) is 0 Å². The Morgan fingerprint density at radius 1 is 0.339 bits per heavy atom. The lowest BCUT2D eigenvalue weighted by Crippen LogP contribution is -3.00. The number of amides is 1. The van der Waals surface area contributed by atoms with E-state index < -0.39 is 11.9 Å². The first-order valence-electron chi connectivity index (χ1n) is 36.1. The van der Waals surface area contributed by atoms with Gasteiger partial charge in [0.1, 0.15) is 28.2 Å². The van der Waals surface area contributed by atoms with Crippen molar-refractivity contribution in [1.29, 1.82) is 0 Å². The van der Waals surface area contributed by atoms with Gasteiger partial charge in [-0.3, -0.25) is 19.3 Å². The van der Waals surface area contributed by atoms with Crippen LogP contribution in [0.2, 0.25) is 0 Å². The molecule has 7 aliphatic rings. The summed E-state index contributed by atoms with van der Waals surface area (Å²) in [6.07, 6.45) is 2.08. The Kier molecular flexibility index (Phi) is 30.5. The molecule has 24 heteroatoms. The molecule has 0 radical (unpaired) electrons. The molecular formula is C88H103Cl2N13O4S5. The zero-order chi connectivity index (χ0) is 79.7. The van der Waals surface area contributed by atoms with Gasteiger partial charge in [0.15, 0.2) is 0 Å². The predicted octanol–water partition coefficient (Wildman–Crippen LogP) is 10.8. The van der Waals surface area contributed by atoms with Gasteiger partial charge in [-0.1, -0.05) is 59.6 Å². The number of esters is 2. The third kappa shape index (κ3) is 22.0. The normalized spacial score (nSPS) is 11.5. The minimum atomic E-state index is -0.562. The molecule has 5 aliphatic heterocycles. The van der Waals surface area contributed by atoms with Crippen LogP contribution in [-0.2, 0) is 32.0 Å². The summed E-state index contributed by atoms with van der Waals surface area (Å²) >= 11 is 9.10. The molecule has 0 atom stereocenters. The summed E-state index contributed by atoms with van der Waals surface area (Å²) in [5.74, 6) is -1.09. The van der Waals surface area contributed by atoms with Crippen LogP contribution < -0.4 is 88.8 Å². The van der Waals surface area contributed by atoms with E-state index >= 15 is 0 Å². The van der Waals surface area contributed by atoms with Crippen molar-refractivity contribution in [2.24, 2.45) is 0 Å². The van der Waals surface area contributed by atoms with Crippen LogP contribution in [0.1, 0.15) is 43.0 Å². The lowest BCUT2D eigenvalue weighted by molar-refractivity contribution is -0.156. The predicted molar refractivity (Wildman–Crippen MR) is 473 cm³/mol. The van der Waals surface area contributed by atoms with Gasteiger partial charge in [0.05, 0.1) is 53.0 Å². The molecule has 17 nitrogen and oxygen atoms in total. The number of nitrogens with zero attached hydrogens (tertiary/aromatic N) is 13. The number of carbonyl (C=O) groups excluding carboxylic acids is 3. The molecule has 0 saturated heterocycles. The number of hydrogen-bond acceptors (Lipinski definition) is 19. The SMILES string of the molecule is CC(=O)N1c2ccc(N(C)C)cc2Sc2cc(N(C)C)ccc21.CC(=O)OC(C)=O.CN(C)c1ccc2c(c1)Sc1cc(N(C)C)ccc1C2.CN(C)c1ccc2c(c1)Sc1cc(N(C)C)ccc1C2.CN(C)c1ccc2nc3ccc(=[N+](C)C)cc-3sc2c1.CN(C)c1ccc2nc3ccc(=[N+](C)C)cc-3sc2c1.[Cl-].[Cl-]. The van der Waals surface area contributed by atoms with Gasteiger partial charge < -0.3 is 68.8 Å². The van der Waals surface area contributed by atoms with E-state index in [0.29, 0.717) is 0 Å².